The van der Waals surface area contributed by atoms with E-state index < -0.39 is 0 Å². The summed E-state index contributed by atoms with van der Waals surface area (Å²) >= 11 is 1.64. The van der Waals surface area contributed by atoms with Gasteiger partial charge in [0, 0.05) is 4.90 Å². The lowest BCUT2D eigenvalue weighted by Crippen LogP contribution is -1.73. The van der Waals surface area contributed by atoms with Crippen molar-refractivity contribution in [1.29, 1.82) is 0 Å². The van der Waals surface area contributed by atoms with E-state index in [1.807, 2.05) is 6.08 Å². The molecule has 0 radical (unpaired) electrons. The third-order valence-electron chi connectivity index (χ3n) is 1.76. The number of rotatable bonds is 2. The first kappa shape index (κ1) is 7.25. The number of hydrogen-bond donors (Lipinski definition) is 0. The monoisotopic (exact) mass is 187 g/mol. The van der Waals surface area contributed by atoms with E-state index in [2.05, 4.69) is 36.9 Å². The Morgan fingerprint density at radius 1 is 1.31 bits per heavy atom. The molecule has 2 rings (SSSR count). The maximum Gasteiger partial charge on any atom is 0.0714 e. The molecule has 0 aromatic heterocycles. The van der Waals surface area contributed by atoms with Crippen molar-refractivity contribution in [3.05, 3.63) is 58.7 Å². The van der Waals surface area contributed by atoms with Crippen LogP contribution in [0.25, 0.3) is 0 Å². The second kappa shape index (κ2) is 3.69. The van der Waals surface area contributed by atoms with Gasteiger partial charge in [0.1, 0.15) is 0 Å². The van der Waals surface area contributed by atoms with E-state index in [9.17, 15) is 0 Å². The van der Waals surface area contributed by atoms with Gasteiger partial charge in [-0.2, -0.15) is 0 Å². The Bertz CT molecular complexity index is 434. The van der Waals surface area contributed by atoms with Gasteiger partial charge in [0.2, 0.25) is 0 Å². The van der Waals surface area contributed by atoms with Gasteiger partial charge in [-0.05, 0) is 31.2 Å². The van der Waals surface area contributed by atoms with Crippen molar-refractivity contribution in [2.45, 2.75) is 11.8 Å². The lowest BCUT2D eigenvalue weighted by molar-refractivity contribution is 1.38. The lowest BCUT2D eigenvalue weighted by Gasteiger charge is -1.99. The van der Waals surface area contributed by atoms with Crippen LogP contribution in [-0.4, -0.2) is 0 Å². The van der Waals surface area contributed by atoms with Crippen LogP contribution in [0.15, 0.2) is 58.0 Å². The summed E-state index contributed by atoms with van der Waals surface area (Å²) in [4.78, 5) is 2.20. The molecule has 0 aliphatic heterocycles. The third kappa shape index (κ3) is 2.15. The summed E-state index contributed by atoms with van der Waals surface area (Å²) in [6.45, 7) is 2.07. The Balaban J connectivity index is 2.17. The average Bonchev–Trinajstić information content (AvgIpc) is 2.56. The van der Waals surface area contributed by atoms with Gasteiger partial charge in [0.05, 0.1) is 6.28 Å². The summed E-state index contributed by atoms with van der Waals surface area (Å²) in [5.41, 5.74) is 4.23. The summed E-state index contributed by atoms with van der Waals surface area (Å²) in [5, 5.41) is 0. The van der Waals surface area contributed by atoms with Crippen molar-refractivity contribution >= 4 is 11.8 Å². The molecule has 13 heavy (non-hydrogen) atoms. The Morgan fingerprint density at radius 2 is 2.08 bits per heavy atom. The Morgan fingerprint density at radius 3 is 2.69 bits per heavy atom. The molecule has 1 aliphatic rings. The zero-order valence-corrected chi connectivity index (χ0v) is 8.19. The normalized spacial score (nSPS) is 15.3. The predicted octanol–water partition coefficient (Wildman–Crippen LogP) is 3.70. The fourth-order valence-electron chi connectivity index (χ4n) is 1.06. The molecule has 1 heteroatoms. The highest BCUT2D eigenvalue weighted by Gasteiger charge is 1.97. The molecule has 1 aliphatic carbocycles. The standard InChI is InChI=1S/C12H10S/c1-10-6-8-12(9-7-10)13-11-4-2-3-5-11/h2-4,6-9H,1H3/i3D. The van der Waals surface area contributed by atoms with Crippen LogP contribution in [0, 0.1) is 6.92 Å². The molecule has 1 aromatic rings. The van der Waals surface area contributed by atoms with Crippen LogP contribution in [0.3, 0.4) is 0 Å². The lowest BCUT2D eigenvalue weighted by atomic mass is 10.2. The van der Waals surface area contributed by atoms with Crippen LogP contribution >= 0.6 is 11.8 Å². The third-order valence-corrected chi connectivity index (χ3v) is 2.73. The van der Waals surface area contributed by atoms with E-state index in [1.54, 1.807) is 17.8 Å². The topological polar surface area (TPSA) is 0 Å². The fourth-order valence-corrected chi connectivity index (χ4v) is 1.84. The minimum Gasteiger partial charge on any atom is -0.106 e. The van der Waals surface area contributed by atoms with Crippen LogP contribution in [0.5, 0.6) is 0 Å². The van der Waals surface area contributed by atoms with Crippen LogP contribution < -0.4 is 0 Å². The summed E-state index contributed by atoms with van der Waals surface area (Å²) in [6, 6.07) is 8.81. The van der Waals surface area contributed by atoms with Gasteiger partial charge >= 0.3 is 0 Å². The Labute approximate surface area is 84.1 Å². The minimum atomic E-state index is 0.458. The van der Waals surface area contributed by atoms with E-state index in [4.69, 9.17) is 1.37 Å². The second-order valence-corrected chi connectivity index (χ2v) is 4.00. The largest absolute Gasteiger partial charge is 0.106 e. The quantitative estimate of drug-likeness (QED) is 0.636. The van der Waals surface area contributed by atoms with Gasteiger partial charge in [-0.25, -0.2) is 0 Å². The molecule has 0 saturated heterocycles. The fraction of sp³-hybridized carbons (Fsp3) is 0.0833. The van der Waals surface area contributed by atoms with E-state index in [0.717, 1.165) is 4.91 Å². The van der Waals surface area contributed by atoms with Crippen molar-refractivity contribution in [3.8, 4) is 0 Å². The highest BCUT2D eigenvalue weighted by Crippen LogP contribution is 2.28. The van der Waals surface area contributed by atoms with Gasteiger partial charge in [-0.3, -0.25) is 0 Å². The molecule has 0 bridgehead atoms. The first-order valence-corrected chi connectivity index (χ1v) is 4.96. The van der Waals surface area contributed by atoms with Gasteiger partial charge < -0.3 is 0 Å². The number of thioether (sulfide) groups is 1. The molecule has 0 amide bonds. The molecular weight excluding hydrogens is 176 g/mol. The number of aryl methyl sites for hydroxylation is 1. The van der Waals surface area contributed by atoms with Crippen molar-refractivity contribution in [3.63, 3.8) is 0 Å². The molecule has 0 spiro atoms. The molecule has 0 fully saturated rings. The minimum absolute atomic E-state index is 0.458. The van der Waals surface area contributed by atoms with Crippen molar-refractivity contribution < 1.29 is 1.37 Å². The molecule has 0 N–H and O–H groups in total. The molecular formula is C12H10S. The zero-order chi connectivity index (χ0) is 9.97. The van der Waals surface area contributed by atoms with Crippen molar-refractivity contribution in [2.24, 2.45) is 0 Å². The van der Waals surface area contributed by atoms with E-state index >= 15 is 0 Å². The second-order valence-electron chi connectivity index (χ2n) is 2.88. The molecule has 64 valence electrons. The summed E-state index contributed by atoms with van der Waals surface area (Å²) in [5.74, 6) is 0. The van der Waals surface area contributed by atoms with Gasteiger partial charge in [0.15, 0.2) is 0 Å². The van der Waals surface area contributed by atoms with Crippen LogP contribution in [0.2, 0.25) is 0 Å². The molecule has 0 nitrogen and oxygen atoms in total. The molecule has 0 unspecified atom stereocenters. The number of allylic oxidation sites excluding steroid dienone is 2. The van der Waals surface area contributed by atoms with E-state index in [1.165, 1.54) is 10.5 Å². The molecule has 0 atom stereocenters. The molecule has 1 aromatic carbocycles. The average molecular weight is 187 g/mol. The maximum atomic E-state index is 7.35. The summed E-state index contributed by atoms with van der Waals surface area (Å²) in [6.07, 6.45) is 3.68. The number of benzene rings is 1. The van der Waals surface area contributed by atoms with Gasteiger partial charge in [0.25, 0.3) is 0 Å². The van der Waals surface area contributed by atoms with Gasteiger partial charge in [-0.15, -0.1) is 5.73 Å². The van der Waals surface area contributed by atoms with Crippen LogP contribution in [-0.2, 0) is 0 Å². The molecule has 0 saturated carbocycles. The number of hydrogen-bond acceptors (Lipinski definition) is 1. The SMILES string of the molecule is [2H]C1=C=C(Sc2ccc(C)cc2)C=C1. The predicted molar refractivity (Wildman–Crippen MR) is 57.8 cm³/mol. The first-order chi connectivity index (χ1) is 6.74. The van der Waals surface area contributed by atoms with E-state index in [-0.39, 0.29) is 0 Å². The summed E-state index contributed by atoms with van der Waals surface area (Å²) < 4.78 is 7.35. The smallest absolute Gasteiger partial charge is 0.0714 e. The van der Waals surface area contributed by atoms with Gasteiger partial charge in [-0.1, -0.05) is 35.5 Å². The van der Waals surface area contributed by atoms with Crippen LogP contribution in [0.4, 0.5) is 0 Å². The first-order valence-electron chi connectivity index (χ1n) is 4.64. The van der Waals surface area contributed by atoms with Crippen molar-refractivity contribution in [2.75, 3.05) is 0 Å². The highest BCUT2D eigenvalue weighted by molar-refractivity contribution is 8.03. The maximum absolute atomic E-state index is 7.35. The van der Waals surface area contributed by atoms with Crippen molar-refractivity contribution in [1.82, 2.24) is 0 Å². The van der Waals surface area contributed by atoms with Crippen LogP contribution in [0.1, 0.15) is 6.93 Å². The Hall–Kier alpha value is -1.17. The highest BCUT2D eigenvalue weighted by atomic mass is 32.2. The molecule has 0 heterocycles. The zero-order valence-electron chi connectivity index (χ0n) is 8.37. The van der Waals surface area contributed by atoms with E-state index in [0.29, 0.717) is 6.05 Å². The Kier molecular flexibility index (Phi) is 2.06. The summed E-state index contributed by atoms with van der Waals surface area (Å²) in [7, 11) is 0.